The van der Waals surface area contributed by atoms with Crippen LogP contribution in [0.25, 0.3) is 22.3 Å². The first-order valence-electron chi connectivity index (χ1n) is 15.1. The molecule has 3 N–H and O–H groups in total. The number of ether oxygens (including phenoxy) is 1. The van der Waals surface area contributed by atoms with Gasteiger partial charge in [-0.1, -0.05) is 37.1 Å². The minimum Gasteiger partial charge on any atom is -0.496 e. The first kappa shape index (κ1) is 30.6. The fraction of sp³-hybridized carbons (Fsp3) is 0.344. The minimum atomic E-state index is -0.519. The van der Waals surface area contributed by atoms with E-state index < -0.39 is 11.7 Å². The fourth-order valence-electron chi connectivity index (χ4n) is 6.17. The molecule has 14 heteroatoms. The second-order valence-corrected chi connectivity index (χ2v) is 11.5. The van der Waals surface area contributed by atoms with Crippen LogP contribution in [0.2, 0.25) is 0 Å². The van der Waals surface area contributed by atoms with Gasteiger partial charge in [0.25, 0.3) is 5.91 Å². The summed E-state index contributed by atoms with van der Waals surface area (Å²) in [5.41, 5.74) is 9.48. The molecule has 3 aromatic heterocycles. The number of benzene rings is 2. The van der Waals surface area contributed by atoms with Crippen molar-refractivity contribution >= 4 is 28.8 Å². The van der Waals surface area contributed by atoms with E-state index in [0.29, 0.717) is 41.4 Å². The monoisotopic (exact) mass is 626 g/mol. The number of carbonyl (C=O) groups is 2. The fourth-order valence-corrected chi connectivity index (χ4v) is 6.17. The summed E-state index contributed by atoms with van der Waals surface area (Å²) in [6.07, 6.45) is 8.43. The van der Waals surface area contributed by atoms with Gasteiger partial charge >= 0.3 is 6.03 Å². The van der Waals surface area contributed by atoms with Crippen LogP contribution in [0, 0.1) is 17.7 Å². The maximum Gasteiger partial charge on any atom is 0.345 e. The summed E-state index contributed by atoms with van der Waals surface area (Å²) in [4.78, 5) is 39.9. The highest BCUT2D eigenvalue weighted by Gasteiger charge is 2.30. The number of hydrogen-bond donors (Lipinski definition) is 2. The van der Waals surface area contributed by atoms with Gasteiger partial charge in [-0.3, -0.25) is 4.79 Å². The Morgan fingerprint density at radius 3 is 2.61 bits per heavy atom. The van der Waals surface area contributed by atoms with E-state index in [2.05, 4.69) is 25.4 Å². The molecule has 0 radical (unpaired) electrons. The third kappa shape index (κ3) is 6.36. The number of nitrogens with one attached hydrogen (secondary N) is 1. The molecular formula is C32H35FN10O3. The highest BCUT2D eigenvalue weighted by Crippen LogP contribution is 2.35. The quantitative estimate of drug-likeness (QED) is 0.245. The Morgan fingerprint density at radius 2 is 1.87 bits per heavy atom. The molecule has 2 atom stereocenters. The number of anilines is 1. The van der Waals surface area contributed by atoms with E-state index in [-0.39, 0.29) is 30.0 Å². The molecule has 1 fully saturated rings. The molecule has 238 valence electrons. The first-order valence-corrected chi connectivity index (χ1v) is 15.1. The van der Waals surface area contributed by atoms with Crippen LogP contribution in [0.3, 0.4) is 0 Å². The molecule has 0 saturated heterocycles. The third-order valence-electron chi connectivity index (χ3n) is 8.57. The Hall–Kier alpha value is -5.40. The number of methoxy groups -OCH3 is 1. The molecule has 0 bridgehead atoms. The molecule has 2 amide bonds. The molecule has 3 heterocycles. The second kappa shape index (κ2) is 13.3. The van der Waals surface area contributed by atoms with E-state index in [1.54, 1.807) is 11.9 Å². The van der Waals surface area contributed by atoms with E-state index in [0.717, 1.165) is 42.9 Å². The number of fused-ring (bicyclic) bond motifs is 1. The number of aromatic nitrogens is 7. The molecular weight excluding hydrogens is 591 g/mol. The Balaban J connectivity index is 1.19. The smallest absolute Gasteiger partial charge is 0.345 e. The van der Waals surface area contributed by atoms with E-state index >= 15 is 0 Å². The van der Waals surface area contributed by atoms with Crippen molar-refractivity contribution in [1.29, 1.82) is 0 Å². The third-order valence-corrected chi connectivity index (χ3v) is 8.57. The van der Waals surface area contributed by atoms with Gasteiger partial charge in [0, 0.05) is 32.2 Å². The lowest BCUT2D eigenvalue weighted by atomic mass is 9.79. The number of nitrogen functional groups attached to an aromatic ring is 1. The van der Waals surface area contributed by atoms with Crippen LogP contribution in [0.4, 0.5) is 15.0 Å². The molecule has 0 unspecified atom stereocenters. The summed E-state index contributed by atoms with van der Waals surface area (Å²) in [6, 6.07) is 11.2. The zero-order valence-electron chi connectivity index (χ0n) is 25.6. The first-order chi connectivity index (χ1) is 22.3. The SMILES string of the molecule is COc1ccc(F)cc1C(=O)NCc1ccc(-c2nn(C[C@@H]3CCCC[C@H]3CN(C)C(=O)n3cncn3)c3ncnc(N)c23)cc1. The van der Waals surface area contributed by atoms with Crippen molar-refractivity contribution in [2.24, 2.45) is 11.8 Å². The van der Waals surface area contributed by atoms with E-state index in [4.69, 9.17) is 15.6 Å². The Labute approximate surface area is 264 Å². The van der Waals surface area contributed by atoms with E-state index in [1.165, 1.54) is 42.9 Å². The molecule has 1 saturated carbocycles. The van der Waals surface area contributed by atoms with Crippen molar-refractivity contribution in [1.82, 2.24) is 44.7 Å². The predicted molar refractivity (Wildman–Crippen MR) is 168 cm³/mol. The summed E-state index contributed by atoms with van der Waals surface area (Å²) in [7, 11) is 3.22. The molecule has 1 aliphatic carbocycles. The van der Waals surface area contributed by atoms with E-state index in [1.807, 2.05) is 28.9 Å². The molecule has 13 nitrogen and oxygen atoms in total. The largest absolute Gasteiger partial charge is 0.496 e. The van der Waals surface area contributed by atoms with Crippen LogP contribution in [-0.2, 0) is 13.1 Å². The van der Waals surface area contributed by atoms with Crippen LogP contribution in [0.1, 0.15) is 41.6 Å². The zero-order valence-corrected chi connectivity index (χ0v) is 25.6. The standard InChI is InChI=1S/C32H35FN10O3/c1-41(32(45)43-19-35-17-39-43)15-22-5-3-4-6-23(22)16-42-30-27(29(34)37-18-38-30)28(40-42)21-9-7-20(8-10-21)14-36-31(44)25-13-24(33)11-12-26(25)46-2/h7-13,17-19,22-23H,3-6,14-16H2,1-2H3,(H,36,44)(H2,34,37,38)/t22-,23-/m0/s1. The van der Waals surface area contributed by atoms with Crippen LogP contribution in [0.5, 0.6) is 5.75 Å². The van der Waals surface area contributed by atoms with Gasteiger partial charge < -0.3 is 20.7 Å². The summed E-state index contributed by atoms with van der Waals surface area (Å²) >= 11 is 0. The van der Waals surface area contributed by atoms with Gasteiger partial charge in [0.05, 0.1) is 18.1 Å². The summed E-state index contributed by atoms with van der Waals surface area (Å²) in [6.45, 7) is 1.45. The van der Waals surface area contributed by atoms with Gasteiger partial charge in [0.1, 0.15) is 42.1 Å². The average Bonchev–Trinajstić information content (AvgIpc) is 3.74. The molecule has 5 aromatic rings. The maximum absolute atomic E-state index is 13.8. The van der Waals surface area contributed by atoms with Gasteiger partial charge in [0.2, 0.25) is 0 Å². The minimum absolute atomic E-state index is 0.125. The summed E-state index contributed by atoms with van der Waals surface area (Å²) in [5.74, 6) is 0.220. The van der Waals surface area contributed by atoms with Gasteiger partial charge in [0.15, 0.2) is 5.65 Å². The molecule has 2 aromatic carbocycles. The number of carbonyl (C=O) groups excluding carboxylic acids is 2. The molecule has 46 heavy (non-hydrogen) atoms. The topological polar surface area (TPSA) is 159 Å². The lowest BCUT2D eigenvalue weighted by Crippen LogP contribution is -2.39. The average molecular weight is 627 g/mol. The van der Waals surface area contributed by atoms with Gasteiger partial charge in [-0.05, 0) is 48.4 Å². The van der Waals surface area contributed by atoms with Crippen molar-refractivity contribution in [3.05, 3.63) is 78.4 Å². The Kier molecular flexibility index (Phi) is 8.85. The van der Waals surface area contributed by atoms with Gasteiger partial charge in [-0.15, -0.1) is 0 Å². The van der Waals surface area contributed by atoms with Crippen LogP contribution < -0.4 is 15.8 Å². The highest BCUT2D eigenvalue weighted by molar-refractivity contribution is 5.98. The Bertz CT molecular complexity index is 1840. The van der Waals surface area contributed by atoms with Crippen LogP contribution in [0.15, 0.2) is 61.4 Å². The molecule has 0 spiro atoms. The molecule has 1 aliphatic rings. The predicted octanol–water partition coefficient (Wildman–Crippen LogP) is 4.15. The van der Waals surface area contributed by atoms with Crippen molar-refractivity contribution < 1.29 is 18.7 Å². The van der Waals surface area contributed by atoms with Gasteiger partial charge in [-0.2, -0.15) is 14.9 Å². The number of hydrogen-bond acceptors (Lipinski definition) is 9. The van der Waals surface area contributed by atoms with Crippen molar-refractivity contribution in [3.8, 4) is 17.0 Å². The van der Waals surface area contributed by atoms with Gasteiger partial charge in [-0.25, -0.2) is 28.8 Å². The van der Waals surface area contributed by atoms with Crippen molar-refractivity contribution in [2.75, 3.05) is 26.4 Å². The van der Waals surface area contributed by atoms with Crippen LogP contribution >= 0.6 is 0 Å². The number of halogens is 1. The highest BCUT2D eigenvalue weighted by atomic mass is 19.1. The number of nitrogens with zero attached hydrogens (tertiary/aromatic N) is 8. The number of rotatable bonds is 9. The molecule has 0 aliphatic heterocycles. The summed E-state index contributed by atoms with van der Waals surface area (Å²) < 4.78 is 22.1. The lowest BCUT2D eigenvalue weighted by Gasteiger charge is -2.34. The van der Waals surface area contributed by atoms with E-state index in [9.17, 15) is 14.0 Å². The Morgan fingerprint density at radius 1 is 1.09 bits per heavy atom. The maximum atomic E-state index is 13.8. The lowest BCUT2D eigenvalue weighted by molar-refractivity contribution is 0.0947. The van der Waals surface area contributed by atoms with Crippen LogP contribution in [-0.4, -0.2) is 72.1 Å². The number of amides is 2. The zero-order chi connectivity index (χ0) is 32.2. The number of nitrogens with two attached hydrogens (primary N) is 1. The normalized spacial score (nSPS) is 16.3. The summed E-state index contributed by atoms with van der Waals surface area (Å²) in [5, 5.41) is 12.5. The molecule has 6 rings (SSSR count). The van der Waals surface area contributed by atoms with Crippen molar-refractivity contribution in [3.63, 3.8) is 0 Å². The van der Waals surface area contributed by atoms with Crippen molar-refractivity contribution in [2.45, 2.75) is 38.8 Å². The second-order valence-electron chi connectivity index (χ2n) is 11.5.